The average Bonchev–Trinajstić information content (AvgIpc) is 3.11. The van der Waals surface area contributed by atoms with E-state index >= 15 is 0 Å². The quantitative estimate of drug-likeness (QED) is 0.783. The van der Waals surface area contributed by atoms with Gasteiger partial charge in [0.2, 0.25) is 5.91 Å². The molecule has 2 N–H and O–H groups in total. The number of likely N-dealkylation sites (tertiary alicyclic amines) is 1. The molecule has 156 valence electrons. The standard InChI is InChI=1S/C16H22N2O2S.C2HF3O2/c19-15(17-13-1-2-13)16-5-7-20-14(16)3-6-18(11-16)9-12-4-8-21-10-12;3-2(4,5)1(6)7/h4,8,10,13-14H,1-3,5-7,9,11H2,(H,17,19);(H,6,7)/t14-,16-;/m1./s1. The summed E-state index contributed by atoms with van der Waals surface area (Å²) in [5.41, 5.74) is 1.05. The third-order valence-electron chi connectivity index (χ3n) is 5.29. The highest BCUT2D eigenvalue weighted by Crippen LogP contribution is 2.42. The van der Waals surface area contributed by atoms with Gasteiger partial charge in [-0.2, -0.15) is 24.5 Å². The van der Waals surface area contributed by atoms with Crippen LogP contribution in [0.4, 0.5) is 13.2 Å². The topological polar surface area (TPSA) is 78.9 Å². The van der Waals surface area contributed by atoms with Gasteiger partial charge in [-0.3, -0.25) is 9.69 Å². The van der Waals surface area contributed by atoms with E-state index in [1.54, 1.807) is 11.3 Å². The minimum absolute atomic E-state index is 0.120. The van der Waals surface area contributed by atoms with Crippen LogP contribution in [0.2, 0.25) is 0 Å². The number of carboxylic acids is 1. The Balaban J connectivity index is 0.000000279. The molecular weight excluding hydrogens is 397 g/mol. The zero-order chi connectivity index (χ0) is 20.4. The Morgan fingerprint density at radius 2 is 2.07 bits per heavy atom. The minimum atomic E-state index is -5.08. The molecule has 0 unspecified atom stereocenters. The lowest BCUT2D eigenvalue weighted by Crippen LogP contribution is -2.57. The number of carbonyl (C=O) groups is 2. The van der Waals surface area contributed by atoms with Gasteiger partial charge >= 0.3 is 12.1 Å². The molecule has 3 fully saturated rings. The van der Waals surface area contributed by atoms with Crippen LogP contribution < -0.4 is 5.32 Å². The average molecular weight is 420 g/mol. The lowest BCUT2D eigenvalue weighted by molar-refractivity contribution is -0.192. The first-order valence-electron chi connectivity index (χ1n) is 9.17. The molecule has 0 spiro atoms. The van der Waals surface area contributed by atoms with E-state index in [0.717, 1.165) is 51.9 Å². The number of hydrogen-bond donors (Lipinski definition) is 2. The molecule has 2 saturated heterocycles. The number of amides is 1. The number of alkyl halides is 3. The second-order valence-corrected chi connectivity index (χ2v) is 8.23. The number of aliphatic carboxylic acids is 1. The molecule has 2 aliphatic heterocycles. The first-order chi connectivity index (χ1) is 13.2. The van der Waals surface area contributed by atoms with Gasteiger partial charge in [0, 0.05) is 32.3 Å². The van der Waals surface area contributed by atoms with Crippen LogP contribution in [0.25, 0.3) is 0 Å². The summed E-state index contributed by atoms with van der Waals surface area (Å²) in [7, 11) is 0. The van der Waals surface area contributed by atoms with E-state index in [9.17, 15) is 18.0 Å². The van der Waals surface area contributed by atoms with Gasteiger partial charge < -0.3 is 15.2 Å². The van der Waals surface area contributed by atoms with Crippen molar-refractivity contribution in [1.82, 2.24) is 10.2 Å². The molecule has 0 bridgehead atoms. The van der Waals surface area contributed by atoms with Crippen LogP contribution in [0.15, 0.2) is 16.8 Å². The van der Waals surface area contributed by atoms with Crippen molar-refractivity contribution in [2.45, 2.75) is 50.6 Å². The lowest BCUT2D eigenvalue weighted by Gasteiger charge is -2.42. The first-order valence-corrected chi connectivity index (χ1v) is 10.1. The van der Waals surface area contributed by atoms with Gasteiger partial charge in [-0.1, -0.05) is 0 Å². The van der Waals surface area contributed by atoms with Gasteiger partial charge in [0.15, 0.2) is 0 Å². The molecule has 1 aromatic heterocycles. The number of hydrogen-bond acceptors (Lipinski definition) is 5. The maximum Gasteiger partial charge on any atom is 0.490 e. The maximum absolute atomic E-state index is 12.8. The largest absolute Gasteiger partial charge is 0.490 e. The number of fused-ring (bicyclic) bond motifs is 1. The second kappa shape index (κ2) is 8.38. The van der Waals surface area contributed by atoms with Crippen LogP contribution >= 0.6 is 11.3 Å². The fourth-order valence-electron chi connectivity index (χ4n) is 3.69. The van der Waals surface area contributed by atoms with E-state index in [1.807, 2.05) is 0 Å². The van der Waals surface area contributed by atoms with Crippen molar-refractivity contribution in [3.63, 3.8) is 0 Å². The van der Waals surface area contributed by atoms with Crippen molar-refractivity contribution >= 4 is 23.2 Å². The van der Waals surface area contributed by atoms with E-state index in [0.29, 0.717) is 6.04 Å². The lowest BCUT2D eigenvalue weighted by atomic mass is 9.75. The van der Waals surface area contributed by atoms with Crippen molar-refractivity contribution in [2.75, 3.05) is 19.7 Å². The predicted molar refractivity (Wildman–Crippen MR) is 95.9 cm³/mol. The maximum atomic E-state index is 12.8. The molecule has 4 rings (SSSR count). The fraction of sp³-hybridized carbons (Fsp3) is 0.667. The van der Waals surface area contributed by atoms with E-state index in [2.05, 4.69) is 27.0 Å². The highest BCUT2D eigenvalue weighted by atomic mass is 32.1. The molecule has 1 amide bonds. The third kappa shape index (κ3) is 5.03. The molecule has 1 aliphatic carbocycles. The number of carbonyl (C=O) groups excluding carboxylic acids is 1. The molecule has 28 heavy (non-hydrogen) atoms. The van der Waals surface area contributed by atoms with Crippen molar-refractivity contribution in [2.24, 2.45) is 5.41 Å². The number of nitrogens with one attached hydrogen (secondary N) is 1. The highest BCUT2D eigenvalue weighted by molar-refractivity contribution is 7.07. The Bertz CT molecular complexity index is 694. The smallest absolute Gasteiger partial charge is 0.475 e. The van der Waals surface area contributed by atoms with Crippen molar-refractivity contribution in [3.05, 3.63) is 22.4 Å². The molecule has 0 radical (unpaired) electrons. The van der Waals surface area contributed by atoms with E-state index < -0.39 is 12.1 Å². The van der Waals surface area contributed by atoms with E-state index in [1.165, 1.54) is 5.56 Å². The Labute approximate surface area is 164 Å². The van der Waals surface area contributed by atoms with Gasteiger partial charge in [-0.25, -0.2) is 4.79 Å². The summed E-state index contributed by atoms with van der Waals surface area (Å²) < 4.78 is 37.6. The Hall–Kier alpha value is -1.65. The number of halogens is 3. The van der Waals surface area contributed by atoms with Gasteiger partial charge in [-0.05, 0) is 48.1 Å². The Morgan fingerprint density at radius 1 is 1.36 bits per heavy atom. The Morgan fingerprint density at radius 3 is 2.64 bits per heavy atom. The molecule has 1 aromatic rings. The monoisotopic (exact) mass is 420 g/mol. The summed E-state index contributed by atoms with van der Waals surface area (Å²) in [5, 5.41) is 14.7. The van der Waals surface area contributed by atoms with Gasteiger partial charge in [0.1, 0.15) is 0 Å². The normalized spacial score (nSPS) is 27.5. The van der Waals surface area contributed by atoms with Gasteiger partial charge in [0.25, 0.3) is 0 Å². The van der Waals surface area contributed by atoms with Crippen LogP contribution in [-0.2, 0) is 20.9 Å². The summed E-state index contributed by atoms with van der Waals surface area (Å²) >= 11 is 1.74. The molecule has 0 aromatic carbocycles. The summed E-state index contributed by atoms with van der Waals surface area (Å²) in [6.45, 7) is 3.55. The van der Waals surface area contributed by atoms with Crippen LogP contribution in [-0.4, -0.2) is 59.9 Å². The molecule has 1 saturated carbocycles. The number of nitrogens with zero attached hydrogens (tertiary/aromatic N) is 1. The number of thiophene rings is 1. The van der Waals surface area contributed by atoms with Crippen LogP contribution in [0.3, 0.4) is 0 Å². The molecular formula is C18H23F3N2O4S. The molecule has 3 heterocycles. The zero-order valence-corrected chi connectivity index (χ0v) is 16.0. The summed E-state index contributed by atoms with van der Waals surface area (Å²) in [6.07, 6.45) is -0.828. The van der Waals surface area contributed by atoms with Crippen molar-refractivity contribution in [1.29, 1.82) is 0 Å². The number of ether oxygens (including phenoxy) is 1. The van der Waals surface area contributed by atoms with Gasteiger partial charge in [-0.15, -0.1) is 0 Å². The Kier molecular flexibility index (Phi) is 6.31. The SMILES string of the molecule is O=C(NC1CC1)[C@@]12CCO[C@@H]1CCN(Cc1ccsc1)C2.O=C(O)C(F)(F)F. The zero-order valence-electron chi connectivity index (χ0n) is 15.2. The van der Waals surface area contributed by atoms with Crippen LogP contribution in [0, 0.1) is 5.41 Å². The first kappa shape index (κ1) is 21.1. The molecule has 10 heteroatoms. The molecule has 6 nitrogen and oxygen atoms in total. The van der Waals surface area contributed by atoms with Crippen molar-refractivity contribution < 1.29 is 32.6 Å². The molecule has 2 atom stereocenters. The van der Waals surface area contributed by atoms with E-state index in [-0.39, 0.29) is 17.4 Å². The van der Waals surface area contributed by atoms with Crippen molar-refractivity contribution in [3.8, 4) is 0 Å². The third-order valence-corrected chi connectivity index (χ3v) is 6.02. The minimum Gasteiger partial charge on any atom is -0.475 e. The second-order valence-electron chi connectivity index (χ2n) is 7.45. The number of piperidine rings is 1. The summed E-state index contributed by atoms with van der Waals surface area (Å²) in [4.78, 5) is 24.1. The van der Waals surface area contributed by atoms with Gasteiger partial charge in [0.05, 0.1) is 11.5 Å². The fourth-order valence-corrected chi connectivity index (χ4v) is 4.35. The number of rotatable bonds is 4. The van der Waals surface area contributed by atoms with Crippen LogP contribution in [0.5, 0.6) is 0 Å². The predicted octanol–water partition coefficient (Wildman–Crippen LogP) is 2.64. The van der Waals surface area contributed by atoms with E-state index in [4.69, 9.17) is 14.6 Å². The summed E-state index contributed by atoms with van der Waals surface area (Å²) in [6, 6.07) is 2.61. The van der Waals surface area contributed by atoms with Crippen LogP contribution in [0.1, 0.15) is 31.2 Å². The highest BCUT2D eigenvalue weighted by Gasteiger charge is 2.53. The summed E-state index contributed by atoms with van der Waals surface area (Å²) in [5.74, 6) is -2.52. The molecule has 3 aliphatic rings. The number of carboxylic acid groups (broad SMARTS) is 1.